The number of fused-ring (bicyclic) bond motifs is 1. The Morgan fingerprint density at radius 2 is 1.35 bits per heavy atom. The number of imide groups is 1. The largest absolute Gasteiger partial charge is 0.457 e. The molecule has 10 heteroatoms. The summed E-state index contributed by atoms with van der Waals surface area (Å²) >= 11 is 0. The second-order valence-corrected chi connectivity index (χ2v) is 10.5. The number of carbonyl (C=O) groups excluding carboxylic acids is 4. The molecule has 10 nitrogen and oxygen atoms in total. The summed E-state index contributed by atoms with van der Waals surface area (Å²) in [5, 5.41) is 11.3. The summed E-state index contributed by atoms with van der Waals surface area (Å²) < 4.78 is 24.0. The van der Waals surface area contributed by atoms with Gasteiger partial charge in [-0.1, -0.05) is 72.8 Å². The Bertz CT molecular complexity index is 1410. The van der Waals surface area contributed by atoms with Crippen LogP contribution < -0.4 is 0 Å². The quantitative estimate of drug-likeness (QED) is 0.250. The van der Waals surface area contributed by atoms with Crippen molar-refractivity contribution >= 4 is 23.6 Å². The van der Waals surface area contributed by atoms with E-state index in [0.717, 1.165) is 16.0 Å². The minimum absolute atomic E-state index is 0.0248. The zero-order valence-corrected chi connectivity index (χ0v) is 23.7. The Labute approximate surface area is 249 Å². The summed E-state index contributed by atoms with van der Waals surface area (Å²) in [4.78, 5) is 52.4. The van der Waals surface area contributed by atoms with Crippen LogP contribution in [0.5, 0.6) is 0 Å². The highest BCUT2D eigenvalue weighted by Crippen LogP contribution is 2.35. The lowest BCUT2D eigenvalue weighted by atomic mass is 9.94. The fourth-order valence-electron chi connectivity index (χ4n) is 5.25. The number of rotatable bonds is 12. The Morgan fingerprint density at radius 3 is 1.93 bits per heavy atom. The van der Waals surface area contributed by atoms with Gasteiger partial charge >= 0.3 is 5.97 Å². The van der Waals surface area contributed by atoms with Gasteiger partial charge in [-0.05, 0) is 30.2 Å². The number of Topliss-reactive ketones (excluding diaryl/α,β-unsaturated/α-hetero) is 1. The van der Waals surface area contributed by atoms with Gasteiger partial charge in [-0.2, -0.15) is 0 Å². The van der Waals surface area contributed by atoms with Crippen LogP contribution in [0.2, 0.25) is 0 Å². The van der Waals surface area contributed by atoms with Crippen LogP contribution in [0.3, 0.4) is 0 Å². The molecule has 224 valence electrons. The van der Waals surface area contributed by atoms with Crippen molar-refractivity contribution in [2.45, 2.75) is 63.6 Å². The molecule has 1 unspecified atom stereocenters. The molecule has 1 N–H and O–H groups in total. The summed E-state index contributed by atoms with van der Waals surface area (Å²) in [6, 6.07) is 23.6. The molecule has 0 radical (unpaired) electrons. The third-order valence-corrected chi connectivity index (χ3v) is 7.38. The van der Waals surface area contributed by atoms with E-state index in [2.05, 4.69) is 0 Å². The first kappa shape index (κ1) is 30.2. The van der Waals surface area contributed by atoms with Gasteiger partial charge in [0.05, 0.1) is 37.4 Å². The Morgan fingerprint density at radius 1 is 0.791 bits per heavy atom. The minimum Gasteiger partial charge on any atom is -0.457 e. The molecule has 0 saturated carbocycles. The zero-order chi connectivity index (χ0) is 30.3. The van der Waals surface area contributed by atoms with Gasteiger partial charge in [0, 0.05) is 6.42 Å². The fourth-order valence-corrected chi connectivity index (χ4v) is 5.25. The maximum Gasteiger partial charge on any atom is 0.306 e. The summed E-state index contributed by atoms with van der Waals surface area (Å²) in [5.74, 6) is -2.12. The normalized spacial score (nSPS) is 23.2. The van der Waals surface area contributed by atoms with Crippen LogP contribution in [-0.2, 0) is 41.8 Å². The van der Waals surface area contributed by atoms with Crippen molar-refractivity contribution < 1.29 is 43.2 Å². The predicted molar refractivity (Wildman–Crippen MR) is 153 cm³/mol. The van der Waals surface area contributed by atoms with Crippen molar-refractivity contribution in [3.63, 3.8) is 0 Å². The van der Waals surface area contributed by atoms with E-state index in [0.29, 0.717) is 0 Å². The molecule has 2 aliphatic heterocycles. The standard InChI is InChI=1S/C33H33NO9/c1-21(35)16-17-27(36)43-29-26(20-40-18-22-10-4-2-5-11-22)42-33(39)28(30(29)41-19-23-12-6-3-7-13-23)34-31(37)24-14-8-9-15-25(24)32(34)38/h2-15,26,28-30,33,39H,16-20H2,1H3/t26-,28-,29-,30-,33?/m1/s1. The van der Waals surface area contributed by atoms with Crippen molar-refractivity contribution in [2.24, 2.45) is 0 Å². The first-order valence-electron chi connectivity index (χ1n) is 14.1. The van der Waals surface area contributed by atoms with Crippen LogP contribution in [-0.4, -0.2) is 70.8 Å². The van der Waals surface area contributed by atoms with Gasteiger partial charge in [0.15, 0.2) is 12.4 Å². The highest BCUT2D eigenvalue weighted by molar-refractivity contribution is 6.21. The highest BCUT2D eigenvalue weighted by atomic mass is 16.7. The summed E-state index contributed by atoms with van der Waals surface area (Å²) in [7, 11) is 0. The van der Waals surface area contributed by atoms with E-state index in [1.54, 1.807) is 12.1 Å². The first-order chi connectivity index (χ1) is 20.8. The molecule has 0 aromatic heterocycles. The SMILES string of the molecule is CC(=O)CCC(=O)O[C@H]1[C@H](OCc2ccccc2)[C@@H](N2C(=O)c3ccccc3C2=O)C(O)O[C@@H]1COCc1ccccc1. The molecular weight excluding hydrogens is 554 g/mol. The van der Waals surface area contributed by atoms with E-state index in [1.165, 1.54) is 19.1 Å². The average molecular weight is 588 g/mol. The molecule has 2 aliphatic rings. The van der Waals surface area contributed by atoms with Gasteiger partial charge in [0.1, 0.15) is 24.0 Å². The number of benzene rings is 3. The van der Waals surface area contributed by atoms with Gasteiger partial charge < -0.3 is 28.8 Å². The molecule has 43 heavy (non-hydrogen) atoms. The number of hydrogen-bond donors (Lipinski definition) is 1. The molecule has 2 heterocycles. The van der Waals surface area contributed by atoms with Crippen molar-refractivity contribution in [3.05, 3.63) is 107 Å². The van der Waals surface area contributed by atoms with E-state index in [4.69, 9.17) is 18.9 Å². The number of hydrogen-bond acceptors (Lipinski definition) is 9. The Balaban J connectivity index is 1.46. The fraction of sp³-hybridized carbons (Fsp3) is 0.333. The number of aliphatic hydroxyl groups is 1. The number of ketones is 1. The molecule has 5 rings (SSSR count). The maximum atomic E-state index is 13.5. The van der Waals surface area contributed by atoms with Crippen molar-refractivity contribution in [1.82, 2.24) is 4.90 Å². The van der Waals surface area contributed by atoms with Crippen LogP contribution >= 0.6 is 0 Å². The van der Waals surface area contributed by atoms with Gasteiger partial charge in [0.2, 0.25) is 0 Å². The van der Waals surface area contributed by atoms with Crippen molar-refractivity contribution in [2.75, 3.05) is 6.61 Å². The van der Waals surface area contributed by atoms with Crippen molar-refractivity contribution in [3.8, 4) is 0 Å². The van der Waals surface area contributed by atoms with Gasteiger partial charge in [-0.25, -0.2) is 0 Å². The van der Waals surface area contributed by atoms with Gasteiger partial charge in [-0.3, -0.25) is 19.3 Å². The molecule has 5 atom stereocenters. The molecule has 0 bridgehead atoms. The molecule has 3 aromatic carbocycles. The van der Waals surface area contributed by atoms with E-state index >= 15 is 0 Å². The summed E-state index contributed by atoms with van der Waals surface area (Å²) in [5.41, 5.74) is 2.05. The number of nitrogens with zero attached hydrogens (tertiary/aromatic N) is 1. The topological polar surface area (TPSA) is 129 Å². The number of ether oxygens (including phenoxy) is 4. The maximum absolute atomic E-state index is 13.5. The lowest BCUT2D eigenvalue weighted by molar-refractivity contribution is -0.280. The average Bonchev–Trinajstić information content (AvgIpc) is 3.26. The smallest absolute Gasteiger partial charge is 0.306 e. The first-order valence-corrected chi connectivity index (χ1v) is 14.1. The lowest BCUT2D eigenvalue weighted by Gasteiger charge is -2.46. The number of carbonyl (C=O) groups is 4. The molecule has 3 aromatic rings. The molecule has 0 spiro atoms. The van der Waals surface area contributed by atoms with Gasteiger partial charge in [0.25, 0.3) is 11.8 Å². The third-order valence-electron chi connectivity index (χ3n) is 7.38. The second-order valence-electron chi connectivity index (χ2n) is 10.5. The van der Waals surface area contributed by atoms with Crippen LogP contribution in [0.25, 0.3) is 0 Å². The second kappa shape index (κ2) is 13.8. The highest BCUT2D eigenvalue weighted by Gasteiger charge is 2.55. The van der Waals surface area contributed by atoms with Gasteiger partial charge in [-0.15, -0.1) is 0 Å². The van der Waals surface area contributed by atoms with Crippen LogP contribution in [0.15, 0.2) is 84.9 Å². The Hall–Kier alpha value is -4.22. The van der Waals surface area contributed by atoms with E-state index in [-0.39, 0.29) is 49.6 Å². The van der Waals surface area contributed by atoms with Crippen LogP contribution in [0, 0.1) is 0 Å². The zero-order valence-electron chi connectivity index (χ0n) is 23.7. The molecule has 1 fully saturated rings. The number of amides is 2. The van der Waals surface area contributed by atoms with Crippen molar-refractivity contribution in [1.29, 1.82) is 0 Å². The molecular formula is C33H33NO9. The predicted octanol–water partition coefficient (Wildman–Crippen LogP) is 3.45. The summed E-state index contributed by atoms with van der Waals surface area (Å²) in [6.45, 7) is 1.52. The Kier molecular flexibility index (Phi) is 9.73. The number of esters is 1. The van der Waals surface area contributed by atoms with Crippen LogP contribution in [0.1, 0.15) is 51.6 Å². The molecule has 0 aliphatic carbocycles. The van der Waals surface area contributed by atoms with E-state index < -0.39 is 48.4 Å². The third kappa shape index (κ3) is 7.06. The summed E-state index contributed by atoms with van der Waals surface area (Å²) in [6.07, 6.45) is -5.31. The van der Waals surface area contributed by atoms with E-state index in [9.17, 15) is 24.3 Å². The van der Waals surface area contributed by atoms with E-state index in [1.807, 2.05) is 60.7 Å². The molecule has 2 amide bonds. The van der Waals surface area contributed by atoms with Crippen LogP contribution in [0.4, 0.5) is 0 Å². The molecule has 1 saturated heterocycles. The minimum atomic E-state index is -1.68. The monoisotopic (exact) mass is 587 g/mol. The lowest BCUT2D eigenvalue weighted by Crippen LogP contribution is -2.66. The number of aliphatic hydroxyl groups excluding tert-OH is 1.